The number of ether oxygens (including phenoxy) is 1. The summed E-state index contributed by atoms with van der Waals surface area (Å²) in [6.45, 7) is 4.23. The lowest BCUT2D eigenvalue weighted by atomic mass is 9.86. The normalized spacial score (nSPS) is 25.9. The Morgan fingerprint density at radius 1 is 1.42 bits per heavy atom. The largest absolute Gasteiger partial charge is 0.392 e. The van der Waals surface area contributed by atoms with Gasteiger partial charge in [0, 0.05) is 12.2 Å². The molecule has 128 valence electrons. The molecule has 0 bridgehead atoms. The molecule has 2 saturated heterocycles. The van der Waals surface area contributed by atoms with Gasteiger partial charge in [-0.05, 0) is 23.6 Å². The lowest BCUT2D eigenvalue weighted by molar-refractivity contribution is -0.203. The van der Waals surface area contributed by atoms with Gasteiger partial charge in [-0.25, -0.2) is 4.39 Å². The number of hydrogen-bond donors (Lipinski definition) is 4. The highest BCUT2D eigenvalue weighted by molar-refractivity contribution is 6.10. The summed E-state index contributed by atoms with van der Waals surface area (Å²) in [5.41, 5.74) is 6.18. The number of nitrogens with two attached hydrogens (primary N) is 1. The van der Waals surface area contributed by atoms with Crippen molar-refractivity contribution in [1.82, 2.24) is 5.32 Å². The fraction of sp³-hybridized carbons (Fsp3) is 0.412. The molecule has 1 amide bonds. The number of amides is 1. The summed E-state index contributed by atoms with van der Waals surface area (Å²) < 4.78 is 19.7. The molecule has 24 heavy (non-hydrogen) atoms. The third kappa shape index (κ3) is 2.92. The zero-order chi connectivity index (χ0) is 17.4. The molecule has 0 aliphatic carbocycles. The van der Waals surface area contributed by atoms with Crippen molar-refractivity contribution in [2.45, 2.75) is 32.1 Å². The van der Waals surface area contributed by atoms with Crippen LogP contribution >= 0.6 is 0 Å². The second kappa shape index (κ2) is 6.33. The summed E-state index contributed by atoms with van der Waals surface area (Å²) in [4.78, 5) is 12.0. The molecule has 1 unspecified atom stereocenters. The summed E-state index contributed by atoms with van der Waals surface area (Å²) in [6.07, 6.45) is 0.362. The Morgan fingerprint density at radius 3 is 2.54 bits per heavy atom. The van der Waals surface area contributed by atoms with E-state index in [1.54, 1.807) is 26.0 Å². The van der Waals surface area contributed by atoms with Gasteiger partial charge in [-0.3, -0.25) is 4.79 Å². The van der Waals surface area contributed by atoms with E-state index in [4.69, 9.17) is 15.9 Å². The molecule has 2 heterocycles. The van der Waals surface area contributed by atoms with Crippen LogP contribution in [-0.4, -0.2) is 30.3 Å². The predicted octanol–water partition coefficient (Wildman–Crippen LogP) is 1.85. The predicted molar refractivity (Wildman–Crippen MR) is 89.4 cm³/mol. The minimum absolute atomic E-state index is 0.0439. The Bertz CT molecular complexity index is 699. The van der Waals surface area contributed by atoms with Crippen molar-refractivity contribution in [1.29, 1.82) is 5.41 Å². The number of fused-ring (bicyclic) bond motifs is 1. The molecule has 0 saturated carbocycles. The number of hydrogen-bond acceptors (Lipinski definition) is 5. The molecule has 0 spiro atoms. The number of carbonyl (C=O) groups is 1. The van der Waals surface area contributed by atoms with Gasteiger partial charge in [0.25, 0.3) is 5.91 Å². The first-order chi connectivity index (χ1) is 11.4. The van der Waals surface area contributed by atoms with E-state index in [9.17, 15) is 9.18 Å². The van der Waals surface area contributed by atoms with Crippen LogP contribution in [0.3, 0.4) is 0 Å². The molecule has 0 radical (unpaired) electrons. The number of benzene rings is 1. The van der Waals surface area contributed by atoms with E-state index in [0.717, 1.165) is 12.1 Å². The molecule has 3 atom stereocenters. The quantitative estimate of drug-likeness (QED) is 0.488. The van der Waals surface area contributed by atoms with Gasteiger partial charge in [0.15, 0.2) is 5.83 Å². The van der Waals surface area contributed by atoms with Gasteiger partial charge in [-0.15, -0.1) is 0 Å². The molecular weight excluding hydrogens is 311 g/mol. The van der Waals surface area contributed by atoms with Crippen LogP contribution in [0, 0.1) is 11.3 Å². The summed E-state index contributed by atoms with van der Waals surface area (Å²) in [5, 5.41) is 13.4. The van der Waals surface area contributed by atoms with Gasteiger partial charge < -0.3 is 26.5 Å². The fourth-order valence-electron chi connectivity index (χ4n) is 2.71. The number of allylic oxidation sites excluding steroid dienone is 1. The van der Waals surface area contributed by atoms with Crippen molar-refractivity contribution in [3.05, 3.63) is 41.4 Å². The van der Waals surface area contributed by atoms with Gasteiger partial charge >= 0.3 is 0 Å². The van der Waals surface area contributed by atoms with Crippen LogP contribution < -0.4 is 16.4 Å². The van der Waals surface area contributed by atoms with E-state index < -0.39 is 17.4 Å². The number of morpholine rings is 1. The molecular formula is C17H21FN4O2. The minimum Gasteiger partial charge on any atom is -0.392 e. The maximum Gasteiger partial charge on any atom is 0.274 e. The average molecular weight is 332 g/mol. The van der Waals surface area contributed by atoms with E-state index in [-0.39, 0.29) is 17.7 Å². The van der Waals surface area contributed by atoms with Crippen LogP contribution in [0.25, 0.3) is 0 Å². The molecule has 7 heteroatoms. The van der Waals surface area contributed by atoms with E-state index in [2.05, 4.69) is 10.6 Å². The Morgan fingerprint density at radius 2 is 2.08 bits per heavy atom. The second-order valence-corrected chi connectivity index (χ2v) is 6.40. The summed E-state index contributed by atoms with van der Waals surface area (Å²) in [5.74, 6) is -2.09. The van der Waals surface area contributed by atoms with Gasteiger partial charge in [-0.1, -0.05) is 26.0 Å². The SMILES string of the molecule is CC(C)C(=N)/C(F)=C(\N)C(=O)Nc1ccc([C@@H]2OC3CN[C@H]32)cc1. The molecule has 6 nitrogen and oxygen atoms in total. The number of halogens is 1. The van der Waals surface area contributed by atoms with Crippen molar-refractivity contribution in [2.75, 3.05) is 11.9 Å². The first kappa shape index (κ1) is 16.6. The second-order valence-electron chi connectivity index (χ2n) is 6.40. The van der Waals surface area contributed by atoms with Crippen LogP contribution in [0.2, 0.25) is 0 Å². The third-order valence-corrected chi connectivity index (χ3v) is 4.39. The Labute approximate surface area is 139 Å². The average Bonchev–Trinajstić information content (AvgIpc) is 2.55. The van der Waals surface area contributed by atoms with E-state index in [0.29, 0.717) is 17.8 Å². The molecule has 5 N–H and O–H groups in total. The fourth-order valence-corrected chi connectivity index (χ4v) is 2.71. The van der Waals surface area contributed by atoms with E-state index in [1.807, 2.05) is 12.1 Å². The van der Waals surface area contributed by atoms with Crippen LogP contribution in [0.4, 0.5) is 10.1 Å². The Hall–Kier alpha value is -2.25. The first-order valence-corrected chi connectivity index (χ1v) is 7.92. The van der Waals surface area contributed by atoms with E-state index >= 15 is 0 Å². The topological polar surface area (TPSA) is 100 Å². The summed E-state index contributed by atoms with van der Waals surface area (Å²) >= 11 is 0. The molecule has 2 aliphatic heterocycles. The van der Waals surface area contributed by atoms with Gasteiger partial charge in [0.05, 0.1) is 17.9 Å². The smallest absolute Gasteiger partial charge is 0.274 e. The Balaban J connectivity index is 1.64. The highest BCUT2D eigenvalue weighted by Gasteiger charge is 2.49. The lowest BCUT2D eigenvalue weighted by Crippen LogP contribution is -2.69. The van der Waals surface area contributed by atoms with Crippen molar-refractivity contribution < 1.29 is 13.9 Å². The molecule has 2 fully saturated rings. The number of anilines is 1. The number of nitrogens with one attached hydrogen (secondary N) is 3. The number of rotatable bonds is 5. The van der Waals surface area contributed by atoms with Crippen molar-refractivity contribution >= 4 is 17.3 Å². The van der Waals surface area contributed by atoms with Crippen LogP contribution in [0.5, 0.6) is 0 Å². The number of carbonyl (C=O) groups excluding carboxylic acids is 1. The summed E-state index contributed by atoms with van der Waals surface area (Å²) in [7, 11) is 0. The van der Waals surface area contributed by atoms with Crippen LogP contribution in [-0.2, 0) is 9.53 Å². The van der Waals surface area contributed by atoms with Crippen LogP contribution in [0.1, 0.15) is 25.5 Å². The molecule has 0 aromatic heterocycles. The van der Waals surface area contributed by atoms with Crippen molar-refractivity contribution in [3.63, 3.8) is 0 Å². The van der Waals surface area contributed by atoms with Crippen molar-refractivity contribution in [2.24, 2.45) is 11.7 Å². The summed E-state index contributed by atoms with van der Waals surface area (Å²) in [6, 6.07) is 7.55. The van der Waals surface area contributed by atoms with Crippen molar-refractivity contribution in [3.8, 4) is 0 Å². The lowest BCUT2D eigenvalue weighted by Gasteiger charge is -2.53. The maximum absolute atomic E-state index is 13.9. The van der Waals surface area contributed by atoms with Crippen LogP contribution in [0.15, 0.2) is 35.8 Å². The highest BCUT2D eigenvalue weighted by Crippen LogP contribution is 2.39. The van der Waals surface area contributed by atoms with Gasteiger partial charge in [0.1, 0.15) is 11.8 Å². The van der Waals surface area contributed by atoms with Gasteiger partial charge in [0.2, 0.25) is 0 Å². The Kier molecular flexibility index (Phi) is 4.38. The zero-order valence-corrected chi connectivity index (χ0v) is 13.6. The standard InChI is InChI=1S/C17H21FN4O2/c1-8(2)13(19)12(18)14(20)17(23)22-10-5-3-9(4-6-10)16-15-11(24-16)7-21-15/h3-6,8,11,15-16,19,21H,7,20H2,1-2H3,(H,22,23)/b14-12+,19-13?/t11?,15-,16+/m1/s1. The first-order valence-electron chi connectivity index (χ1n) is 7.92. The zero-order valence-electron chi connectivity index (χ0n) is 13.6. The maximum atomic E-state index is 13.9. The van der Waals surface area contributed by atoms with E-state index in [1.165, 1.54) is 0 Å². The molecule has 3 rings (SSSR count). The third-order valence-electron chi connectivity index (χ3n) is 4.39. The molecule has 2 aliphatic rings. The monoisotopic (exact) mass is 332 g/mol. The minimum atomic E-state index is -0.982. The van der Waals surface area contributed by atoms with Gasteiger partial charge in [-0.2, -0.15) is 0 Å². The highest BCUT2D eigenvalue weighted by atomic mass is 19.1. The molecule has 1 aromatic rings. The molecule has 1 aromatic carbocycles.